The van der Waals surface area contributed by atoms with Crippen molar-refractivity contribution < 1.29 is 0 Å². The number of thiazole rings is 1. The smallest absolute Gasteiger partial charge is 0.191 e. The number of hydrogen-bond donors (Lipinski definition) is 2. The zero-order valence-electron chi connectivity index (χ0n) is 13.9. The molecule has 1 rings (SSSR count). The molecule has 1 aromatic heterocycles. The minimum atomic E-state index is 0.796. The Kier molecular flexibility index (Phi) is 9.06. The summed E-state index contributed by atoms with van der Waals surface area (Å²) in [6.45, 7) is 8.42. The lowest BCUT2D eigenvalue weighted by molar-refractivity contribution is 0.518. The number of aromatic nitrogens is 1. The molecule has 0 unspecified atom stereocenters. The molecule has 0 amide bonds. The fourth-order valence-electron chi connectivity index (χ4n) is 2.12. The summed E-state index contributed by atoms with van der Waals surface area (Å²) >= 11 is 1.69. The van der Waals surface area contributed by atoms with Crippen LogP contribution in [0.3, 0.4) is 0 Å². The van der Waals surface area contributed by atoms with Gasteiger partial charge < -0.3 is 10.6 Å². The molecule has 4 nitrogen and oxygen atoms in total. The van der Waals surface area contributed by atoms with Crippen LogP contribution in [-0.4, -0.2) is 24.5 Å². The number of rotatable bonds is 9. The summed E-state index contributed by atoms with van der Waals surface area (Å²) in [5.74, 6) is 1.71. The molecule has 1 heterocycles. The second-order valence-electron chi connectivity index (χ2n) is 5.81. The van der Waals surface area contributed by atoms with Gasteiger partial charge in [0.15, 0.2) is 5.96 Å². The van der Waals surface area contributed by atoms with Crippen LogP contribution < -0.4 is 10.6 Å². The molecule has 0 aliphatic carbocycles. The molecule has 1 aromatic rings. The third-order valence-corrected chi connectivity index (χ3v) is 4.42. The predicted molar refractivity (Wildman–Crippen MR) is 93.0 cm³/mol. The van der Waals surface area contributed by atoms with Crippen molar-refractivity contribution in [2.24, 2.45) is 10.9 Å². The third kappa shape index (κ3) is 8.05. The molecule has 0 bridgehead atoms. The topological polar surface area (TPSA) is 49.3 Å². The number of hydrogen-bond acceptors (Lipinski definition) is 3. The predicted octanol–water partition coefficient (Wildman–Crippen LogP) is 3.72. The fraction of sp³-hybridized carbons (Fsp3) is 0.750. The second-order valence-corrected chi connectivity index (χ2v) is 6.75. The van der Waals surface area contributed by atoms with Crippen molar-refractivity contribution >= 4 is 17.3 Å². The van der Waals surface area contributed by atoms with Gasteiger partial charge in [0.2, 0.25) is 0 Å². The van der Waals surface area contributed by atoms with Crippen LogP contribution in [0.5, 0.6) is 0 Å². The zero-order valence-corrected chi connectivity index (χ0v) is 14.7. The molecule has 0 saturated heterocycles. The number of nitrogens with zero attached hydrogens (tertiary/aromatic N) is 2. The maximum Gasteiger partial charge on any atom is 0.191 e. The van der Waals surface area contributed by atoms with Crippen LogP contribution >= 0.6 is 11.3 Å². The van der Waals surface area contributed by atoms with Crippen LogP contribution in [0.15, 0.2) is 10.5 Å². The highest BCUT2D eigenvalue weighted by molar-refractivity contribution is 7.09. The molecular formula is C16H30N4S. The molecule has 0 saturated carbocycles. The molecule has 0 spiro atoms. The molecule has 0 aliphatic rings. The van der Waals surface area contributed by atoms with Crippen molar-refractivity contribution in [2.45, 2.75) is 59.4 Å². The first-order valence-electron chi connectivity index (χ1n) is 7.97. The highest BCUT2D eigenvalue weighted by Crippen LogP contribution is 2.11. The number of unbranched alkanes of at least 4 members (excludes halogenated alkanes) is 3. The van der Waals surface area contributed by atoms with E-state index < -0.39 is 0 Å². The van der Waals surface area contributed by atoms with E-state index >= 15 is 0 Å². The van der Waals surface area contributed by atoms with E-state index in [9.17, 15) is 0 Å². The lowest BCUT2D eigenvalue weighted by atomic mass is 10.0. The van der Waals surface area contributed by atoms with Crippen LogP contribution in [0.4, 0.5) is 0 Å². The fourth-order valence-corrected chi connectivity index (χ4v) is 2.84. The molecule has 5 heteroatoms. The largest absolute Gasteiger partial charge is 0.356 e. The van der Waals surface area contributed by atoms with Crippen LogP contribution in [0, 0.1) is 12.8 Å². The van der Waals surface area contributed by atoms with Gasteiger partial charge in [0, 0.05) is 18.5 Å². The van der Waals surface area contributed by atoms with E-state index in [1.54, 1.807) is 11.3 Å². The number of nitrogens with one attached hydrogen (secondary N) is 2. The Balaban J connectivity index is 2.08. The molecule has 0 aromatic carbocycles. The molecule has 120 valence electrons. The summed E-state index contributed by atoms with van der Waals surface area (Å²) in [6, 6.07) is 0. The van der Waals surface area contributed by atoms with E-state index in [4.69, 9.17) is 0 Å². The Labute approximate surface area is 133 Å². The van der Waals surface area contributed by atoms with E-state index in [-0.39, 0.29) is 0 Å². The molecule has 0 atom stereocenters. The number of aryl methyl sites for hydroxylation is 1. The summed E-state index contributed by atoms with van der Waals surface area (Å²) in [5, 5.41) is 6.71. The summed E-state index contributed by atoms with van der Waals surface area (Å²) in [7, 11) is 1.82. The lowest BCUT2D eigenvalue weighted by Crippen LogP contribution is -2.37. The Morgan fingerprint density at radius 2 is 2.00 bits per heavy atom. The molecular weight excluding hydrogens is 280 g/mol. The van der Waals surface area contributed by atoms with Crippen molar-refractivity contribution in [1.29, 1.82) is 0 Å². The standard InChI is InChI=1S/C16H30N4S/c1-13(2)9-7-5-6-8-10-18-16(17-4)19-11-15-14(3)20-12-21-15/h12-13H,5-11H2,1-4H3,(H2,17,18,19). The van der Waals surface area contributed by atoms with E-state index in [0.29, 0.717) is 0 Å². The van der Waals surface area contributed by atoms with E-state index in [1.165, 1.54) is 37.0 Å². The summed E-state index contributed by atoms with van der Waals surface area (Å²) in [5.41, 5.74) is 2.99. The van der Waals surface area contributed by atoms with Gasteiger partial charge in [-0.2, -0.15) is 0 Å². The van der Waals surface area contributed by atoms with E-state index in [0.717, 1.165) is 30.7 Å². The average molecular weight is 311 g/mol. The lowest BCUT2D eigenvalue weighted by Gasteiger charge is -2.11. The van der Waals surface area contributed by atoms with Gasteiger partial charge in [0.05, 0.1) is 17.7 Å². The molecule has 0 radical (unpaired) electrons. The van der Waals surface area contributed by atoms with Gasteiger partial charge >= 0.3 is 0 Å². The van der Waals surface area contributed by atoms with Gasteiger partial charge in [0.25, 0.3) is 0 Å². The van der Waals surface area contributed by atoms with Gasteiger partial charge in [-0.15, -0.1) is 11.3 Å². The zero-order chi connectivity index (χ0) is 15.5. The van der Waals surface area contributed by atoms with Crippen LogP contribution in [0.25, 0.3) is 0 Å². The molecule has 2 N–H and O–H groups in total. The molecule has 0 fully saturated rings. The first kappa shape index (κ1) is 18.0. The van der Waals surface area contributed by atoms with E-state index in [2.05, 4.69) is 34.5 Å². The quantitative estimate of drug-likeness (QED) is 0.415. The van der Waals surface area contributed by atoms with Gasteiger partial charge in [-0.3, -0.25) is 4.99 Å². The normalized spacial score (nSPS) is 12.0. The van der Waals surface area contributed by atoms with Gasteiger partial charge in [-0.05, 0) is 19.3 Å². The summed E-state index contributed by atoms with van der Waals surface area (Å²) in [4.78, 5) is 9.78. The highest BCUT2D eigenvalue weighted by atomic mass is 32.1. The minimum Gasteiger partial charge on any atom is -0.356 e. The monoisotopic (exact) mass is 310 g/mol. The Bertz CT molecular complexity index is 412. The van der Waals surface area contributed by atoms with E-state index in [1.807, 2.05) is 19.5 Å². The van der Waals surface area contributed by atoms with Crippen molar-refractivity contribution in [1.82, 2.24) is 15.6 Å². The Morgan fingerprint density at radius 3 is 2.62 bits per heavy atom. The molecule has 0 aliphatic heterocycles. The number of guanidine groups is 1. The SMILES string of the molecule is CN=C(NCCCCCCC(C)C)NCc1scnc1C. The van der Waals surface area contributed by atoms with Crippen molar-refractivity contribution in [3.63, 3.8) is 0 Å². The third-order valence-electron chi connectivity index (χ3n) is 3.49. The highest BCUT2D eigenvalue weighted by Gasteiger charge is 2.02. The maximum atomic E-state index is 4.25. The van der Waals surface area contributed by atoms with Gasteiger partial charge in [-0.25, -0.2) is 4.98 Å². The summed E-state index contributed by atoms with van der Waals surface area (Å²) < 4.78 is 0. The van der Waals surface area contributed by atoms with Crippen LogP contribution in [-0.2, 0) is 6.54 Å². The Hall–Kier alpha value is -1.10. The van der Waals surface area contributed by atoms with Gasteiger partial charge in [-0.1, -0.05) is 39.5 Å². The van der Waals surface area contributed by atoms with Crippen molar-refractivity contribution in [3.8, 4) is 0 Å². The van der Waals surface area contributed by atoms with Crippen LogP contribution in [0.1, 0.15) is 56.5 Å². The molecule has 21 heavy (non-hydrogen) atoms. The maximum absolute atomic E-state index is 4.25. The van der Waals surface area contributed by atoms with Crippen molar-refractivity contribution in [3.05, 3.63) is 16.1 Å². The van der Waals surface area contributed by atoms with Crippen molar-refractivity contribution in [2.75, 3.05) is 13.6 Å². The van der Waals surface area contributed by atoms with Crippen LogP contribution in [0.2, 0.25) is 0 Å². The minimum absolute atomic E-state index is 0.796. The second kappa shape index (κ2) is 10.6. The summed E-state index contributed by atoms with van der Waals surface area (Å²) in [6.07, 6.45) is 6.55. The Morgan fingerprint density at radius 1 is 1.24 bits per heavy atom. The number of aliphatic imine (C=N–C) groups is 1. The first-order valence-corrected chi connectivity index (χ1v) is 8.85. The average Bonchev–Trinajstić information content (AvgIpc) is 2.86. The first-order chi connectivity index (χ1) is 10.1. The van der Waals surface area contributed by atoms with Gasteiger partial charge in [0.1, 0.15) is 0 Å².